The molecule has 156 valence electrons. The Kier molecular flexibility index (Phi) is 9.23. The average Bonchev–Trinajstić information content (AvgIpc) is 2.74. The van der Waals surface area contributed by atoms with E-state index in [0.29, 0.717) is 6.10 Å². The zero-order valence-corrected chi connectivity index (χ0v) is 18.3. The van der Waals surface area contributed by atoms with Gasteiger partial charge in [0.05, 0.1) is 12.7 Å². The first-order chi connectivity index (χ1) is 13.3. The Balaban J connectivity index is 1.30. The predicted octanol–water partition coefficient (Wildman–Crippen LogP) is 7.94. The van der Waals surface area contributed by atoms with Crippen molar-refractivity contribution in [1.29, 1.82) is 0 Å². The van der Waals surface area contributed by atoms with Gasteiger partial charge in [-0.15, -0.1) is 0 Å². The number of unbranched alkanes of at least 4 members (excludes halogenated alkanes) is 2. The van der Waals surface area contributed by atoms with Gasteiger partial charge in [-0.1, -0.05) is 64.5 Å². The lowest BCUT2D eigenvalue weighted by Crippen LogP contribution is -2.26. The molecule has 1 heteroatoms. The van der Waals surface area contributed by atoms with E-state index in [4.69, 9.17) is 4.74 Å². The smallest absolute Gasteiger partial charge is 0.0756 e. The van der Waals surface area contributed by atoms with Crippen LogP contribution in [-0.2, 0) is 4.74 Å². The first-order valence-corrected chi connectivity index (χ1v) is 12.6. The van der Waals surface area contributed by atoms with Crippen molar-refractivity contribution in [3.05, 3.63) is 12.2 Å². The molecule has 3 aliphatic rings. The van der Waals surface area contributed by atoms with E-state index in [9.17, 15) is 0 Å². The minimum atomic E-state index is 0.412. The van der Waals surface area contributed by atoms with Crippen LogP contribution in [0.4, 0.5) is 0 Å². The second-order valence-electron chi connectivity index (χ2n) is 10.1. The van der Waals surface area contributed by atoms with Gasteiger partial charge in [-0.3, -0.25) is 0 Å². The van der Waals surface area contributed by atoms with Gasteiger partial charge in [0.25, 0.3) is 0 Å². The Morgan fingerprint density at radius 3 is 1.96 bits per heavy atom. The van der Waals surface area contributed by atoms with E-state index >= 15 is 0 Å². The lowest BCUT2D eigenvalue weighted by molar-refractivity contribution is 0.00751. The molecule has 2 saturated carbocycles. The average molecular weight is 375 g/mol. The molecule has 3 fully saturated rings. The molecule has 0 amide bonds. The third-order valence-corrected chi connectivity index (χ3v) is 8.17. The van der Waals surface area contributed by atoms with Crippen LogP contribution in [0.5, 0.6) is 0 Å². The molecular weight excluding hydrogens is 328 g/mol. The van der Waals surface area contributed by atoms with Gasteiger partial charge < -0.3 is 4.74 Å². The highest BCUT2D eigenvalue weighted by Gasteiger charge is 2.30. The van der Waals surface area contributed by atoms with Crippen LogP contribution in [0, 0.1) is 29.6 Å². The molecule has 0 N–H and O–H groups in total. The van der Waals surface area contributed by atoms with Gasteiger partial charge in [0.2, 0.25) is 0 Å². The van der Waals surface area contributed by atoms with Gasteiger partial charge in [-0.25, -0.2) is 0 Å². The van der Waals surface area contributed by atoms with Crippen molar-refractivity contribution in [2.75, 3.05) is 6.61 Å². The summed E-state index contributed by atoms with van der Waals surface area (Å²) in [5, 5.41) is 0. The standard InChI is InChI=1S/C26H46O/c1-3-5-6-7-23-13-19-26(27-20-23)18-12-22-10-16-25(17-11-22)24-14-8-21(4-2)9-15-24/h12,18,21-26H,3-11,13-17,19-20H2,1-2H3/b18-12+. The summed E-state index contributed by atoms with van der Waals surface area (Å²) in [6.45, 7) is 5.68. The van der Waals surface area contributed by atoms with Crippen LogP contribution in [0.1, 0.15) is 110 Å². The number of ether oxygens (including phenoxy) is 1. The van der Waals surface area contributed by atoms with E-state index in [1.54, 1.807) is 0 Å². The zero-order chi connectivity index (χ0) is 18.9. The minimum absolute atomic E-state index is 0.412. The fraction of sp³-hybridized carbons (Fsp3) is 0.923. The van der Waals surface area contributed by atoms with Crippen LogP contribution >= 0.6 is 0 Å². The lowest BCUT2D eigenvalue weighted by atomic mass is 9.69. The van der Waals surface area contributed by atoms with Crippen LogP contribution in [0.25, 0.3) is 0 Å². The summed E-state index contributed by atoms with van der Waals surface area (Å²) in [5.74, 6) is 4.81. The Morgan fingerprint density at radius 1 is 0.704 bits per heavy atom. The minimum Gasteiger partial charge on any atom is -0.374 e. The van der Waals surface area contributed by atoms with Crippen LogP contribution < -0.4 is 0 Å². The Morgan fingerprint density at radius 2 is 1.37 bits per heavy atom. The quantitative estimate of drug-likeness (QED) is 0.309. The fourth-order valence-corrected chi connectivity index (χ4v) is 6.05. The van der Waals surface area contributed by atoms with E-state index in [0.717, 1.165) is 36.2 Å². The van der Waals surface area contributed by atoms with Crippen molar-refractivity contribution in [3.63, 3.8) is 0 Å². The normalized spacial score (nSPS) is 38.3. The van der Waals surface area contributed by atoms with Crippen molar-refractivity contribution in [2.24, 2.45) is 29.6 Å². The highest BCUT2D eigenvalue weighted by molar-refractivity contribution is 4.97. The summed E-state index contributed by atoms with van der Waals surface area (Å²) >= 11 is 0. The number of rotatable bonds is 8. The van der Waals surface area contributed by atoms with E-state index in [-0.39, 0.29) is 0 Å². The number of allylic oxidation sites excluding steroid dienone is 1. The van der Waals surface area contributed by atoms with E-state index in [2.05, 4.69) is 26.0 Å². The summed E-state index contributed by atoms with van der Waals surface area (Å²) in [4.78, 5) is 0. The van der Waals surface area contributed by atoms with Crippen molar-refractivity contribution in [2.45, 2.75) is 116 Å². The summed E-state index contributed by atoms with van der Waals surface area (Å²) in [5.41, 5.74) is 0. The molecule has 0 aromatic rings. The maximum absolute atomic E-state index is 6.16. The summed E-state index contributed by atoms with van der Waals surface area (Å²) < 4.78 is 6.16. The van der Waals surface area contributed by atoms with E-state index < -0.39 is 0 Å². The first kappa shape index (κ1) is 21.4. The maximum atomic E-state index is 6.16. The van der Waals surface area contributed by atoms with Gasteiger partial charge in [0.15, 0.2) is 0 Å². The van der Waals surface area contributed by atoms with Gasteiger partial charge in [0.1, 0.15) is 0 Å². The summed E-state index contributed by atoms with van der Waals surface area (Å²) in [6, 6.07) is 0. The summed E-state index contributed by atoms with van der Waals surface area (Å²) in [6.07, 6.45) is 26.8. The maximum Gasteiger partial charge on any atom is 0.0756 e. The van der Waals surface area contributed by atoms with Gasteiger partial charge in [-0.05, 0) is 87.4 Å². The number of hydrogen-bond donors (Lipinski definition) is 0. The molecular formula is C26H46O. The van der Waals surface area contributed by atoms with Gasteiger partial charge in [-0.2, -0.15) is 0 Å². The molecule has 1 heterocycles. The van der Waals surface area contributed by atoms with Crippen LogP contribution in [0.15, 0.2) is 12.2 Å². The SMILES string of the molecule is CCCCCC1CCC(/C=C/C2CCC(C3CCC(CC)CC3)CC2)OC1. The lowest BCUT2D eigenvalue weighted by Gasteiger charge is -2.37. The summed E-state index contributed by atoms with van der Waals surface area (Å²) in [7, 11) is 0. The second kappa shape index (κ2) is 11.6. The molecule has 27 heavy (non-hydrogen) atoms. The molecule has 0 radical (unpaired) electrons. The van der Waals surface area contributed by atoms with Crippen molar-refractivity contribution in [1.82, 2.24) is 0 Å². The molecule has 1 nitrogen and oxygen atoms in total. The molecule has 0 aromatic heterocycles. The van der Waals surface area contributed by atoms with E-state index in [1.807, 2.05) is 0 Å². The van der Waals surface area contributed by atoms with Gasteiger partial charge in [0, 0.05) is 0 Å². The molecule has 1 saturated heterocycles. The van der Waals surface area contributed by atoms with Crippen molar-refractivity contribution < 1.29 is 4.74 Å². The van der Waals surface area contributed by atoms with E-state index in [1.165, 1.54) is 96.3 Å². The molecule has 0 spiro atoms. The predicted molar refractivity (Wildman–Crippen MR) is 117 cm³/mol. The third-order valence-electron chi connectivity index (χ3n) is 8.17. The molecule has 1 aliphatic heterocycles. The van der Waals surface area contributed by atoms with Gasteiger partial charge >= 0.3 is 0 Å². The van der Waals surface area contributed by atoms with Crippen LogP contribution in [-0.4, -0.2) is 12.7 Å². The molecule has 2 atom stereocenters. The number of hydrogen-bond acceptors (Lipinski definition) is 1. The van der Waals surface area contributed by atoms with Crippen LogP contribution in [0.2, 0.25) is 0 Å². The van der Waals surface area contributed by atoms with Crippen molar-refractivity contribution >= 4 is 0 Å². The third kappa shape index (κ3) is 6.91. The van der Waals surface area contributed by atoms with Crippen molar-refractivity contribution in [3.8, 4) is 0 Å². The molecule has 0 aromatic carbocycles. The second-order valence-corrected chi connectivity index (χ2v) is 10.1. The van der Waals surface area contributed by atoms with Crippen LogP contribution in [0.3, 0.4) is 0 Å². The Labute approximate surface area is 169 Å². The highest BCUT2D eigenvalue weighted by Crippen LogP contribution is 2.42. The molecule has 0 bridgehead atoms. The first-order valence-electron chi connectivity index (χ1n) is 12.6. The molecule has 3 rings (SSSR count). The fourth-order valence-electron chi connectivity index (χ4n) is 6.05. The molecule has 2 unspecified atom stereocenters. The Bertz CT molecular complexity index is 404. The Hall–Kier alpha value is -0.300. The molecule has 2 aliphatic carbocycles. The zero-order valence-electron chi connectivity index (χ0n) is 18.3. The topological polar surface area (TPSA) is 9.23 Å². The largest absolute Gasteiger partial charge is 0.374 e. The monoisotopic (exact) mass is 374 g/mol. The highest BCUT2D eigenvalue weighted by atomic mass is 16.5.